The van der Waals surface area contributed by atoms with E-state index in [0.29, 0.717) is 11.4 Å². The minimum Gasteiger partial charge on any atom is -0.481 e. The predicted octanol–water partition coefficient (Wildman–Crippen LogP) is 3.16. The summed E-state index contributed by atoms with van der Waals surface area (Å²) in [7, 11) is -3.89. The molecule has 3 rings (SSSR count). The Hall–Kier alpha value is -2.98. The van der Waals surface area contributed by atoms with E-state index in [1.807, 2.05) is 6.07 Å². The molecule has 1 atom stereocenters. The molecule has 10 heteroatoms. The number of nitrogens with zero attached hydrogens (tertiary/aromatic N) is 3. The Balaban J connectivity index is 1.72. The maximum absolute atomic E-state index is 12.9. The van der Waals surface area contributed by atoms with E-state index in [1.165, 1.54) is 4.31 Å². The molecule has 1 heterocycles. The predicted molar refractivity (Wildman–Crippen MR) is 112 cm³/mol. The summed E-state index contributed by atoms with van der Waals surface area (Å²) >= 11 is 0.791. The van der Waals surface area contributed by atoms with Gasteiger partial charge in [0.05, 0.1) is 5.69 Å². The molecule has 2 aromatic carbocycles. The van der Waals surface area contributed by atoms with Gasteiger partial charge in [0.25, 0.3) is 20.3 Å². The molecule has 152 valence electrons. The molecule has 0 saturated heterocycles. The van der Waals surface area contributed by atoms with Crippen molar-refractivity contribution in [2.24, 2.45) is 0 Å². The Morgan fingerprint density at radius 3 is 2.34 bits per heavy atom. The van der Waals surface area contributed by atoms with Crippen LogP contribution >= 0.6 is 11.3 Å². The SMILES string of the molecule is CCN(c1ccccc1)S(=O)(=O)c1nnc(NC(=O)[C@@H](C)Oc2ccccc2)s1. The van der Waals surface area contributed by atoms with Gasteiger partial charge in [-0.05, 0) is 38.1 Å². The van der Waals surface area contributed by atoms with E-state index in [4.69, 9.17) is 4.74 Å². The topological polar surface area (TPSA) is 101 Å². The zero-order valence-electron chi connectivity index (χ0n) is 15.8. The van der Waals surface area contributed by atoms with Crippen LogP contribution in [0.25, 0.3) is 0 Å². The largest absolute Gasteiger partial charge is 0.481 e. The number of carbonyl (C=O) groups is 1. The van der Waals surface area contributed by atoms with Crippen molar-refractivity contribution in [2.45, 2.75) is 24.3 Å². The number of aromatic nitrogens is 2. The number of nitrogens with one attached hydrogen (secondary N) is 1. The van der Waals surface area contributed by atoms with E-state index in [2.05, 4.69) is 15.5 Å². The zero-order chi connectivity index (χ0) is 20.9. The number of benzene rings is 2. The van der Waals surface area contributed by atoms with E-state index in [0.717, 1.165) is 11.3 Å². The van der Waals surface area contributed by atoms with Gasteiger partial charge >= 0.3 is 0 Å². The first-order chi connectivity index (χ1) is 13.9. The average Bonchev–Trinajstić information content (AvgIpc) is 3.19. The standard InChI is InChI=1S/C19H20N4O4S2/c1-3-23(15-10-6-4-7-11-15)29(25,26)19-22-21-18(28-19)20-17(24)14(2)27-16-12-8-5-9-13-16/h4-14H,3H2,1-2H3,(H,20,21,24)/t14-/m1/s1. The second-order valence-corrected chi connectivity index (χ2v) is 8.95. The number of hydrogen-bond donors (Lipinski definition) is 1. The average molecular weight is 433 g/mol. The summed E-state index contributed by atoms with van der Waals surface area (Å²) in [6.07, 6.45) is -0.794. The molecule has 29 heavy (non-hydrogen) atoms. The molecule has 0 aliphatic carbocycles. The first-order valence-electron chi connectivity index (χ1n) is 8.85. The van der Waals surface area contributed by atoms with Gasteiger partial charge in [-0.3, -0.25) is 14.4 Å². The minimum absolute atomic E-state index is 0.0844. The molecule has 0 fully saturated rings. The van der Waals surface area contributed by atoms with Crippen molar-refractivity contribution in [1.82, 2.24) is 10.2 Å². The van der Waals surface area contributed by atoms with Gasteiger partial charge in [0.15, 0.2) is 6.10 Å². The second kappa shape index (κ2) is 9.01. The first-order valence-corrected chi connectivity index (χ1v) is 11.1. The van der Waals surface area contributed by atoms with Gasteiger partial charge < -0.3 is 4.74 Å². The fourth-order valence-corrected chi connectivity index (χ4v) is 4.99. The van der Waals surface area contributed by atoms with Crippen LogP contribution in [0.5, 0.6) is 5.75 Å². The molecule has 0 aliphatic heterocycles. The van der Waals surface area contributed by atoms with Crippen molar-refractivity contribution >= 4 is 38.1 Å². The van der Waals surface area contributed by atoms with Gasteiger partial charge in [-0.25, -0.2) is 0 Å². The summed E-state index contributed by atoms with van der Waals surface area (Å²) in [5.74, 6) is 0.0986. The van der Waals surface area contributed by atoms with E-state index in [1.54, 1.807) is 68.4 Å². The number of amides is 1. The molecule has 0 aliphatic rings. The van der Waals surface area contributed by atoms with Gasteiger partial charge in [0.2, 0.25) is 5.13 Å². The van der Waals surface area contributed by atoms with Crippen molar-refractivity contribution in [1.29, 1.82) is 0 Å². The molecule has 1 aromatic heterocycles. The first kappa shape index (κ1) is 20.7. The van der Waals surface area contributed by atoms with Crippen molar-refractivity contribution in [3.8, 4) is 5.75 Å². The third-order valence-electron chi connectivity index (χ3n) is 3.90. The third-order valence-corrected chi connectivity index (χ3v) is 6.99. The Bertz CT molecular complexity index is 1060. The Labute approximate surface area is 173 Å². The molecule has 1 amide bonds. The number of ether oxygens (including phenoxy) is 1. The van der Waals surface area contributed by atoms with Crippen LogP contribution in [0.15, 0.2) is 65.0 Å². The number of sulfonamides is 1. The van der Waals surface area contributed by atoms with Gasteiger partial charge in [0.1, 0.15) is 5.75 Å². The van der Waals surface area contributed by atoms with Gasteiger partial charge in [0, 0.05) is 6.54 Å². The third kappa shape index (κ3) is 4.90. The van der Waals surface area contributed by atoms with Gasteiger partial charge in [-0.2, -0.15) is 8.42 Å². The highest BCUT2D eigenvalue weighted by atomic mass is 32.2. The van der Waals surface area contributed by atoms with Crippen LogP contribution in [-0.2, 0) is 14.8 Å². The fourth-order valence-electron chi connectivity index (χ4n) is 2.51. The highest BCUT2D eigenvalue weighted by Crippen LogP contribution is 2.27. The number of rotatable bonds is 8. The van der Waals surface area contributed by atoms with Crippen molar-refractivity contribution in [3.63, 3.8) is 0 Å². The number of hydrogen-bond acceptors (Lipinski definition) is 7. The molecular formula is C19H20N4O4S2. The number of anilines is 2. The van der Waals surface area contributed by atoms with Crippen LogP contribution in [-0.4, -0.2) is 37.2 Å². The lowest BCUT2D eigenvalue weighted by Crippen LogP contribution is -2.30. The monoisotopic (exact) mass is 432 g/mol. The number of carbonyl (C=O) groups excluding carboxylic acids is 1. The molecule has 0 bridgehead atoms. The Kier molecular flexibility index (Phi) is 6.45. The lowest BCUT2D eigenvalue weighted by Gasteiger charge is -2.20. The lowest BCUT2D eigenvalue weighted by molar-refractivity contribution is -0.122. The van der Waals surface area contributed by atoms with E-state index < -0.39 is 22.0 Å². The molecule has 1 N–H and O–H groups in total. The summed E-state index contributed by atoms with van der Waals surface area (Å²) in [6, 6.07) is 17.6. The molecule has 0 spiro atoms. The van der Waals surface area contributed by atoms with E-state index >= 15 is 0 Å². The van der Waals surface area contributed by atoms with Crippen LogP contribution in [0.1, 0.15) is 13.8 Å². The molecule has 0 unspecified atom stereocenters. The van der Waals surface area contributed by atoms with Crippen molar-refractivity contribution in [2.75, 3.05) is 16.2 Å². The highest BCUT2D eigenvalue weighted by Gasteiger charge is 2.28. The van der Waals surface area contributed by atoms with Crippen LogP contribution in [0.2, 0.25) is 0 Å². The molecule has 8 nitrogen and oxygen atoms in total. The summed E-state index contributed by atoms with van der Waals surface area (Å²) in [5.41, 5.74) is 0.528. The summed E-state index contributed by atoms with van der Waals surface area (Å²) < 4.78 is 32.5. The smallest absolute Gasteiger partial charge is 0.293 e. The maximum atomic E-state index is 12.9. The minimum atomic E-state index is -3.89. The molecular weight excluding hydrogens is 412 g/mol. The maximum Gasteiger partial charge on any atom is 0.293 e. The molecule has 3 aromatic rings. The van der Waals surface area contributed by atoms with Crippen LogP contribution < -0.4 is 14.4 Å². The van der Waals surface area contributed by atoms with Crippen molar-refractivity contribution < 1.29 is 17.9 Å². The summed E-state index contributed by atoms with van der Waals surface area (Å²) in [4.78, 5) is 12.3. The summed E-state index contributed by atoms with van der Waals surface area (Å²) in [6.45, 7) is 3.56. The fraction of sp³-hybridized carbons (Fsp3) is 0.211. The summed E-state index contributed by atoms with van der Waals surface area (Å²) in [5, 5.41) is 10.2. The number of para-hydroxylation sites is 2. The Morgan fingerprint density at radius 1 is 1.10 bits per heavy atom. The van der Waals surface area contributed by atoms with Crippen LogP contribution in [0.4, 0.5) is 10.8 Å². The van der Waals surface area contributed by atoms with Gasteiger partial charge in [-0.15, -0.1) is 10.2 Å². The molecule has 0 radical (unpaired) electrons. The zero-order valence-corrected chi connectivity index (χ0v) is 17.5. The van der Waals surface area contributed by atoms with Crippen LogP contribution in [0.3, 0.4) is 0 Å². The van der Waals surface area contributed by atoms with Gasteiger partial charge in [-0.1, -0.05) is 47.7 Å². The Morgan fingerprint density at radius 2 is 1.72 bits per heavy atom. The van der Waals surface area contributed by atoms with Crippen molar-refractivity contribution in [3.05, 3.63) is 60.7 Å². The molecule has 0 saturated carbocycles. The van der Waals surface area contributed by atoms with E-state index in [-0.39, 0.29) is 16.0 Å². The second-order valence-electron chi connectivity index (χ2n) is 5.94. The van der Waals surface area contributed by atoms with E-state index in [9.17, 15) is 13.2 Å². The highest BCUT2D eigenvalue weighted by molar-refractivity contribution is 7.94. The normalized spacial score (nSPS) is 12.2. The quantitative estimate of drug-likeness (QED) is 0.549. The lowest BCUT2D eigenvalue weighted by atomic mass is 10.3. The van der Waals surface area contributed by atoms with Crippen LogP contribution in [0, 0.1) is 0 Å².